The van der Waals surface area contributed by atoms with Crippen molar-refractivity contribution in [1.29, 1.82) is 0 Å². The normalized spacial score (nSPS) is 10.8. The molecule has 0 aromatic rings. The lowest BCUT2D eigenvalue weighted by atomic mass is 10.1. The molecular weight excluding hydrogens is 188 g/mol. The van der Waals surface area contributed by atoms with E-state index in [0.29, 0.717) is 13.2 Å². The lowest BCUT2D eigenvalue weighted by molar-refractivity contribution is -0.142. The van der Waals surface area contributed by atoms with Crippen LogP contribution in [0.3, 0.4) is 0 Å². The van der Waals surface area contributed by atoms with Gasteiger partial charge in [0.05, 0.1) is 6.61 Å². The molecule has 0 unspecified atom stereocenters. The molecule has 14 heavy (non-hydrogen) atoms. The summed E-state index contributed by atoms with van der Waals surface area (Å²) < 4.78 is 4.71. The first-order valence-corrected chi connectivity index (χ1v) is 4.18. The summed E-state index contributed by atoms with van der Waals surface area (Å²) in [5.41, 5.74) is -1.27. The van der Waals surface area contributed by atoms with E-state index in [2.05, 4.69) is 10.6 Å². The number of aliphatic carboxylic acids is 1. The van der Waals surface area contributed by atoms with Gasteiger partial charge in [-0.2, -0.15) is 0 Å². The van der Waals surface area contributed by atoms with E-state index >= 15 is 0 Å². The van der Waals surface area contributed by atoms with Crippen molar-refractivity contribution in [3.8, 4) is 0 Å². The molecule has 0 radical (unpaired) electrons. The van der Waals surface area contributed by atoms with Crippen LogP contribution < -0.4 is 10.6 Å². The summed E-state index contributed by atoms with van der Waals surface area (Å²) in [5, 5.41) is 13.5. The molecule has 3 N–H and O–H groups in total. The van der Waals surface area contributed by atoms with Gasteiger partial charge >= 0.3 is 12.0 Å². The molecule has 0 heterocycles. The van der Waals surface area contributed by atoms with Crippen molar-refractivity contribution >= 4 is 12.0 Å². The van der Waals surface area contributed by atoms with E-state index in [4.69, 9.17) is 9.84 Å². The van der Waals surface area contributed by atoms with Gasteiger partial charge in [0.1, 0.15) is 5.54 Å². The number of hydrogen-bond donors (Lipinski definition) is 3. The lowest BCUT2D eigenvalue weighted by Gasteiger charge is -2.21. The zero-order valence-corrected chi connectivity index (χ0v) is 8.59. The van der Waals surface area contributed by atoms with Crippen LogP contribution in [0.15, 0.2) is 0 Å². The number of urea groups is 1. The van der Waals surface area contributed by atoms with Crippen LogP contribution in [-0.4, -0.2) is 42.9 Å². The number of carboxylic acid groups (broad SMARTS) is 1. The monoisotopic (exact) mass is 204 g/mol. The van der Waals surface area contributed by atoms with Crippen LogP contribution in [0.5, 0.6) is 0 Å². The van der Waals surface area contributed by atoms with Gasteiger partial charge in [0, 0.05) is 13.7 Å². The molecule has 2 amide bonds. The second kappa shape index (κ2) is 5.43. The molecule has 0 aromatic heterocycles. The SMILES string of the molecule is COCCNC(=O)NC(C)(C)C(=O)O. The third-order valence-electron chi connectivity index (χ3n) is 1.55. The maximum atomic E-state index is 11.1. The van der Waals surface area contributed by atoms with Crippen LogP contribution in [0, 0.1) is 0 Å². The van der Waals surface area contributed by atoms with Gasteiger partial charge in [0.25, 0.3) is 0 Å². The number of hydrogen-bond acceptors (Lipinski definition) is 3. The minimum atomic E-state index is -1.27. The van der Waals surface area contributed by atoms with Crippen molar-refractivity contribution in [3.63, 3.8) is 0 Å². The molecule has 0 rings (SSSR count). The zero-order chi connectivity index (χ0) is 11.2. The van der Waals surface area contributed by atoms with Crippen molar-refractivity contribution < 1.29 is 19.4 Å². The summed E-state index contributed by atoms with van der Waals surface area (Å²) in [6.07, 6.45) is 0. The van der Waals surface area contributed by atoms with Crippen LogP contribution >= 0.6 is 0 Å². The number of carbonyl (C=O) groups excluding carboxylic acids is 1. The zero-order valence-electron chi connectivity index (χ0n) is 8.59. The van der Waals surface area contributed by atoms with E-state index in [-0.39, 0.29) is 0 Å². The van der Waals surface area contributed by atoms with E-state index in [0.717, 1.165) is 0 Å². The Bertz CT molecular complexity index is 215. The van der Waals surface area contributed by atoms with E-state index < -0.39 is 17.5 Å². The number of carbonyl (C=O) groups is 2. The minimum absolute atomic E-state index is 0.345. The van der Waals surface area contributed by atoms with Gasteiger partial charge in [-0.25, -0.2) is 9.59 Å². The highest BCUT2D eigenvalue weighted by atomic mass is 16.5. The van der Waals surface area contributed by atoms with E-state index in [9.17, 15) is 9.59 Å². The minimum Gasteiger partial charge on any atom is -0.480 e. The fourth-order valence-corrected chi connectivity index (χ4v) is 0.648. The van der Waals surface area contributed by atoms with Crippen LogP contribution in [0.25, 0.3) is 0 Å². The number of ether oxygens (including phenoxy) is 1. The molecule has 0 bridgehead atoms. The standard InChI is InChI=1S/C8H16N2O4/c1-8(2,6(11)12)10-7(13)9-4-5-14-3/h4-5H2,1-3H3,(H,11,12)(H2,9,10,13). The Hall–Kier alpha value is -1.30. The van der Waals surface area contributed by atoms with Crippen molar-refractivity contribution in [3.05, 3.63) is 0 Å². The number of nitrogens with one attached hydrogen (secondary N) is 2. The third-order valence-corrected chi connectivity index (χ3v) is 1.55. The molecule has 6 nitrogen and oxygen atoms in total. The number of carboxylic acids is 1. The first-order valence-electron chi connectivity index (χ1n) is 4.18. The molecule has 6 heteroatoms. The van der Waals surface area contributed by atoms with E-state index in [1.54, 1.807) is 0 Å². The van der Waals surface area contributed by atoms with Gasteiger partial charge in [0.2, 0.25) is 0 Å². The Balaban J connectivity index is 3.88. The summed E-state index contributed by atoms with van der Waals surface area (Å²) in [5.74, 6) is -1.08. The summed E-state index contributed by atoms with van der Waals surface area (Å²) in [6, 6.07) is -0.519. The molecule has 82 valence electrons. The quantitative estimate of drug-likeness (QED) is 0.541. The maximum Gasteiger partial charge on any atom is 0.328 e. The number of amides is 2. The first-order chi connectivity index (χ1) is 6.40. The Labute approximate surface area is 82.6 Å². The molecular formula is C8H16N2O4. The van der Waals surface area contributed by atoms with Crippen molar-refractivity contribution in [2.45, 2.75) is 19.4 Å². The Morgan fingerprint density at radius 1 is 1.43 bits per heavy atom. The Morgan fingerprint density at radius 3 is 2.43 bits per heavy atom. The average Bonchev–Trinajstić information content (AvgIpc) is 2.03. The predicted octanol–water partition coefficient (Wildman–Crippen LogP) is -0.205. The van der Waals surface area contributed by atoms with Crippen LogP contribution in [0.4, 0.5) is 4.79 Å². The highest BCUT2D eigenvalue weighted by Crippen LogP contribution is 2.00. The van der Waals surface area contributed by atoms with Crippen LogP contribution in [-0.2, 0) is 9.53 Å². The molecule has 0 aliphatic rings. The molecule has 0 saturated heterocycles. The summed E-state index contributed by atoms with van der Waals surface area (Å²) in [6.45, 7) is 3.55. The molecule has 0 aromatic carbocycles. The second-order valence-electron chi connectivity index (χ2n) is 3.30. The molecule has 0 fully saturated rings. The third kappa shape index (κ3) is 4.66. The Kier molecular flexibility index (Phi) is 4.93. The van der Waals surface area contributed by atoms with Gasteiger partial charge in [-0.1, -0.05) is 0 Å². The largest absolute Gasteiger partial charge is 0.480 e. The smallest absolute Gasteiger partial charge is 0.328 e. The number of methoxy groups -OCH3 is 1. The van der Waals surface area contributed by atoms with Crippen molar-refractivity contribution in [2.24, 2.45) is 0 Å². The second-order valence-corrected chi connectivity index (χ2v) is 3.30. The van der Waals surface area contributed by atoms with Crippen LogP contribution in [0.1, 0.15) is 13.8 Å². The fraction of sp³-hybridized carbons (Fsp3) is 0.750. The molecule has 0 atom stereocenters. The maximum absolute atomic E-state index is 11.1. The van der Waals surface area contributed by atoms with Gasteiger partial charge in [-0.15, -0.1) is 0 Å². The lowest BCUT2D eigenvalue weighted by Crippen LogP contribution is -2.53. The van der Waals surface area contributed by atoms with Crippen LogP contribution in [0.2, 0.25) is 0 Å². The molecule has 0 aliphatic carbocycles. The van der Waals surface area contributed by atoms with E-state index in [1.165, 1.54) is 21.0 Å². The van der Waals surface area contributed by atoms with Crippen molar-refractivity contribution in [1.82, 2.24) is 10.6 Å². The molecule has 0 saturated carbocycles. The van der Waals surface area contributed by atoms with E-state index in [1.807, 2.05) is 0 Å². The first kappa shape index (κ1) is 12.7. The predicted molar refractivity (Wildman–Crippen MR) is 50.1 cm³/mol. The molecule has 0 spiro atoms. The fourth-order valence-electron chi connectivity index (χ4n) is 0.648. The summed E-state index contributed by atoms with van der Waals surface area (Å²) in [7, 11) is 1.51. The van der Waals surface area contributed by atoms with Gasteiger partial charge in [-0.3, -0.25) is 0 Å². The van der Waals surface area contributed by atoms with Crippen molar-refractivity contribution in [2.75, 3.05) is 20.3 Å². The average molecular weight is 204 g/mol. The molecule has 0 aliphatic heterocycles. The highest BCUT2D eigenvalue weighted by molar-refractivity contribution is 5.85. The Morgan fingerprint density at radius 2 is 2.00 bits per heavy atom. The van der Waals surface area contributed by atoms with Gasteiger partial charge < -0.3 is 20.5 Å². The summed E-state index contributed by atoms with van der Waals surface area (Å²) >= 11 is 0. The number of rotatable bonds is 5. The van der Waals surface area contributed by atoms with Gasteiger partial charge in [-0.05, 0) is 13.8 Å². The highest BCUT2D eigenvalue weighted by Gasteiger charge is 2.28. The summed E-state index contributed by atoms with van der Waals surface area (Å²) in [4.78, 5) is 21.7. The van der Waals surface area contributed by atoms with Gasteiger partial charge in [0.15, 0.2) is 0 Å². The topological polar surface area (TPSA) is 87.7 Å².